The van der Waals surface area contributed by atoms with E-state index in [0.717, 1.165) is 0 Å². The lowest BCUT2D eigenvalue weighted by molar-refractivity contribution is -0.152. The predicted molar refractivity (Wildman–Crippen MR) is 85.4 cm³/mol. The van der Waals surface area contributed by atoms with Crippen LogP contribution >= 0.6 is 19.0 Å². The summed E-state index contributed by atoms with van der Waals surface area (Å²) in [5, 5.41) is -0.967. The maximum Gasteiger partial charge on any atom is 0.334 e. The summed E-state index contributed by atoms with van der Waals surface area (Å²) in [5.74, 6) is -0.739. The highest BCUT2D eigenvalue weighted by Gasteiger charge is 2.43. The average molecular weight is 333 g/mol. The highest BCUT2D eigenvalue weighted by Crippen LogP contribution is 2.54. The first-order valence-electron chi connectivity index (χ1n) is 6.77. The molecule has 0 saturated heterocycles. The fourth-order valence-corrected chi connectivity index (χ4v) is 4.24. The number of hydrogen-bond acceptors (Lipinski definition) is 4. The Morgan fingerprint density at radius 3 is 2.14 bits per heavy atom. The third-order valence-corrected chi connectivity index (χ3v) is 5.89. The Morgan fingerprint density at radius 1 is 1.19 bits per heavy atom. The van der Waals surface area contributed by atoms with Gasteiger partial charge in [0.2, 0.25) is 5.12 Å². The first kappa shape index (κ1) is 18.2. The van der Waals surface area contributed by atoms with Crippen LogP contribution in [0.1, 0.15) is 34.6 Å². The van der Waals surface area contributed by atoms with Crippen molar-refractivity contribution in [1.29, 1.82) is 0 Å². The molecule has 118 valence electrons. The lowest BCUT2D eigenvalue weighted by atomic mass is 10.2. The second kappa shape index (κ2) is 6.95. The number of carbonyl (C=O) groups excluding carboxylic acids is 1. The molecule has 0 fully saturated rings. The molecule has 0 N–H and O–H groups in total. The van der Waals surface area contributed by atoms with E-state index in [1.165, 1.54) is 0 Å². The predicted octanol–water partition coefficient (Wildman–Crippen LogP) is 3.92. The van der Waals surface area contributed by atoms with Crippen LogP contribution in [0.2, 0.25) is 0 Å². The van der Waals surface area contributed by atoms with Gasteiger partial charge >= 0.3 is 5.97 Å². The quantitative estimate of drug-likeness (QED) is 0.466. The Balaban J connectivity index is 3.14. The van der Waals surface area contributed by atoms with Crippen molar-refractivity contribution in [2.45, 2.75) is 51.4 Å². The Morgan fingerprint density at radius 2 is 1.71 bits per heavy atom. The summed E-state index contributed by atoms with van der Waals surface area (Å²) in [6.07, 6.45) is -0.334. The van der Waals surface area contributed by atoms with Gasteiger partial charge in [0.05, 0.1) is 6.10 Å². The van der Waals surface area contributed by atoms with Gasteiger partial charge in [0, 0.05) is 5.30 Å². The molecule has 2 unspecified atom stereocenters. The van der Waals surface area contributed by atoms with E-state index >= 15 is 0 Å². The van der Waals surface area contributed by atoms with E-state index in [1.807, 2.05) is 0 Å². The van der Waals surface area contributed by atoms with Crippen molar-refractivity contribution in [2.24, 2.45) is 0 Å². The SMILES string of the molecule is CC(C)OP(=O)(c1ccccc1)C(Cl)C(=O)OC(C)(C)C. The van der Waals surface area contributed by atoms with Crippen molar-refractivity contribution in [3.05, 3.63) is 30.3 Å². The van der Waals surface area contributed by atoms with Gasteiger partial charge in [-0.3, -0.25) is 4.57 Å². The number of carbonyl (C=O) groups is 1. The average Bonchev–Trinajstić information content (AvgIpc) is 2.36. The molecule has 0 bridgehead atoms. The second-order valence-corrected chi connectivity index (χ2v) is 9.13. The third-order valence-electron chi connectivity index (χ3n) is 2.38. The molecule has 0 radical (unpaired) electrons. The summed E-state index contributed by atoms with van der Waals surface area (Å²) in [7, 11) is -3.57. The first-order valence-corrected chi connectivity index (χ1v) is 8.90. The van der Waals surface area contributed by atoms with Gasteiger partial charge in [0.1, 0.15) is 5.60 Å². The van der Waals surface area contributed by atoms with Crippen molar-refractivity contribution < 1.29 is 18.6 Å². The number of rotatable bonds is 5. The molecule has 1 aromatic rings. The summed E-state index contributed by atoms with van der Waals surface area (Å²) < 4.78 is 24.0. The summed E-state index contributed by atoms with van der Waals surface area (Å²) in [6.45, 7) is 8.67. The minimum atomic E-state index is -3.57. The molecule has 0 aromatic heterocycles. The fourth-order valence-electron chi connectivity index (χ4n) is 1.68. The monoisotopic (exact) mass is 332 g/mol. The Kier molecular flexibility index (Phi) is 6.03. The number of benzene rings is 1. The summed E-state index contributed by atoms with van der Waals surface area (Å²) in [6, 6.07) is 8.53. The van der Waals surface area contributed by atoms with E-state index in [0.29, 0.717) is 5.30 Å². The Hall–Kier alpha value is -0.830. The van der Waals surface area contributed by atoms with Gasteiger partial charge in [-0.05, 0) is 46.8 Å². The summed E-state index contributed by atoms with van der Waals surface area (Å²) in [4.78, 5) is 12.2. The maximum absolute atomic E-state index is 13.2. The van der Waals surface area contributed by atoms with Crippen molar-refractivity contribution in [3.63, 3.8) is 0 Å². The molecule has 0 spiro atoms. The fraction of sp³-hybridized carbons (Fsp3) is 0.533. The standard InChI is InChI=1S/C15H22ClO4P/c1-11(2)20-21(18,12-9-7-6-8-10-12)13(16)14(17)19-15(3,4)5/h6-11,13H,1-5H3. The Labute approximate surface area is 131 Å². The maximum atomic E-state index is 13.2. The van der Waals surface area contributed by atoms with Gasteiger partial charge < -0.3 is 9.26 Å². The largest absolute Gasteiger partial charge is 0.458 e. The highest BCUT2D eigenvalue weighted by molar-refractivity contribution is 7.70. The zero-order chi connectivity index (χ0) is 16.3. The van der Waals surface area contributed by atoms with Crippen LogP contribution in [0.5, 0.6) is 0 Å². The van der Waals surface area contributed by atoms with Crippen LogP contribution in [0.4, 0.5) is 0 Å². The van der Waals surface area contributed by atoms with Crippen LogP contribution in [-0.2, 0) is 18.6 Å². The van der Waals surface area contributed by atoms with Crippen molar-refractivity contribution in [1.82, 2.24) is 0 Å². The van der Waals surface area contributed by atoms with Gasteiger partial charge in [-0.1, -0.05) is 29.8 Å². The molecule has 1 rings (SSSR count). The molecule has 2 atom stereocenters. The number of halogens is 1. The van der Waals surface area contributed by atoms with Crippen LogP contribution in [-0.4, -0.2) is 22.8 Å². The van der Waals surface area contributed by atoms with Crippen molar-refractivity contribution in [2.75, 3.05) is 0 Å². The molecule has 4 nitrogen and oxygen atoms in total. The minimum absolute atomic E-state index is 0.334. The van der Waals surface area contributed by atoms with Gasteiger partial charge in [-0.15, -0.1) is 0 Å². The zero-order valence-corrected chi connectivity index (χ0v) is 14.6. The molecule has 1 aromatic carbocycles. The van der Waals surface area contributed by atoms with E-state index in [1.54, 1.807) is 65.0 Å². The lowest BCUT2D eigenvalue weighted by Crippen LogP contribution is -2.32. The molecule has 0 saturated carbocycles. The first-order chi connectivity index (χ1) is 9.56. The molecule has 0 amide bonds. The van der Waals surface area contributed by atoms with Gasteiger partial charge in [-0.25, -0.2) is 4.79 Å². The molecule has 6 heteroatoms. The Bertz CT molecular complexity index is 522. The van der Waals surface area contributed by atoms with Crippen LogP contribution in [0, 0.1) is 0 Å². The van der Waals surface area contributed by atoms with Crippen LogP contribution in [0.25, 0.3) is 0 Å². The van der Waals surface area contributed by atoms with E-state index < -0.39 is 24.1 Å². The molecular formula is C15H22ClO4P. The molecule has 0 heterocycles. The second-order valence-electron chi connectivity index (χ2n) is 5.96. The number of alkyl halides is 1. The van der Waals surface area contributed by atoms with Crippen molar-refractivity contribution >= 4 is 30.2 Å². The van der Waals surface area contributed by atoms with Crippen LogP contribution in [0.15, 0.2) is 30.3 Å². The van der Waals surface area contributed by atoms with Crippen LogP contribution in [0.3, 0.4) is 0 Å². The van der Waals surface area contributed by atoms with E-state index in [4.69, 9.17) is 20.9 Å². The van der Waals surface area contributed by atoms with E-state index in [2.05, 4.69) is 0 Å². The molecule has 0 aliphatic rings. The third kappa shape index (κ3) is 5.14. The number of esters is 1. The normalized spacial score (nSPS) is 16.3. The molecule has 0 aliphatic heterocycles. The summed E-state index contributed by atoms with van der Waals surface area (Å²) in [5.41, 5.74) is -0.705. The van der Waals surface area contributed by atoms with Gasteiger partial charge in [0.25, 0.3) is 7.37 Å². The van der Waals surface area contributed by atoms with Crippen LogP contribution < -0.4 is 5.30 Å². The number of ether oxygens (including phenoxy) is 1. The summed E-state index contributed by atoms with van der Waals surface area (Å²) >= 11 is 6.16. The van der Waals surface area contributed by atoms with E-state index in [-0.39, 0.29) is 6.10 Å². The molecule has 21 heavy (non-hydrogen) atoms. The van der Waals surface area contributed by atoms with E-state index in [9.17, 15) is 9.36 Å². The zero-order valence-electron chi connectivity index (χ0n) is 13.0. The lowest BCUT2D eigenvalue weighted by Gasteiger charge is -2.27. The van der Waals surface area contributed by atoms with Crippen molar-refractivity contribution in [3.8, 4) is 0 Å². The highest BCUT2D eigenvalue weighted by atomic mass is 35.5. The topological polar surface area (TPSA) is 52.6 Å². The number of hydrogen-bond donors (Lipinski definition) is 0. The molecular weight excluding hydrogens is 311 g/mol. The molecule has 0 aliphatic carbocycles. The minimum Gasteiger partial charge on any atom is -0.458 e. The smallest absolute Gasteiger partial charge is 0.334 e. The van der Waals surface area contributed by atoms with Gasteiger partial charge in [-0.2, -0.15) is 0 Å². The van der Waals surface area contributed by atoms with Gasteiger partial charge in [0.15, 0.2) is 0 Å².